The number of anilines is 1. The van der Waals surface area contributed by atoms with E-state index in [4.69, 9.17) is 10.5 Å². The van der Waals surface area contributed by atoms with Crippen molar-refractivity contribution in [3.63, 3.8) is 0 Å². The topological polar surface area (TPSA) is 64.3 Å². The molecule has 2 aromatic rings. The molecule has 0 unspecified atom stereocenters. The summed E-state index contributed by atoms with van der Waals surface area (Å²) >= 11 is 1.43. The van der Waals surface area contributed by atoms with Gasteiger partial charge in [-0.15, -0.1) is 11.8 Å². The Hall–Kier alpha value is -2.14. The first-order valence-electron chi connectivity index (χ1n) is 6.56. The second-order valence-electron chi connectivity index (χ2n) is 4.46. The molecule has 110 valence electrons. The molecule has 0 fully saturated rings. The number of benzene rings is 2. The van der Waals surface area contributed by atoms with Crippen LogP contribution in [-0.2, 0) is 11.3 Å². The minimum atomic E-state index is -0.0114. The molecule has 4 nitrogen and oxygen atoms in total. The van der Waals surface area contributed by atoms with Crippen LogP contribution in [0.2, 0.25) is 0 Å². The van der Waals surface area contributed by atoms with Crippen LogP contribution in [0.25, 0.3) is 0 Å². The molecular weight excluding hydrogens is 284 g/mol. The lowest BCUT2D eigenvalue weighted by atomic mass is 10.2. The molecule has 0 aliphatic rings. The highest BCUT2D eigenvalue weighted by Crippen LogP contribution is 2.30. The molecule has 0 aromatic heterocycles. The van der Waals surface area contributed by atoms with Crippen LogP contribution in [0.15, 0.2) is 53.4 Å². The van der Waals surface area contributed by atoms with E-state index in [2.05, 4.69) is 5.32 Å². The van der Waals surface area contributed by atoms with Gasteiger partial charge >= 0.3 is 0 Å². The van der Waals surface area contributed by atoms with Crippen molar-refractivity contribution in [2.45, 2.75) is 11.4 Å². The van der Waals surface area contributed by atoms with Gasteiger partial charge in [0, 0.05) is 23.2 Å². The van der Waals surface area contributed by atoms with E-state index in [1.165, 1.54) is 11.8 Å². The minimum absolute atomic E-state index is 0.0114. The Morgan fingerprint density at radius 2 is 2.00 bits per heavy atom. The van der Waals surface area contributed by atoms with Gasteiger partial charge in [0.1, 0.15) is 5.75 Å². The van der Waals surface area contributed by atoms with E-state index in [0.29, 0.717) is 23.7 Å². The molecule has 0 aliphatic carbocycles. The summed E-state index contributed by atoms with van der Waals surface area (Å²) in [4.78, 5) is 12.8. The lowest BCUT2D eigenvalue weighted by Gasteiger charge is -2.09. The summed E-state index contributed by atoms with van der Waals surface area (Å²) in [5, 5.41) is 2.89. The average Bonchev–Trinajstić information content (AvgIpc) is 2.52. The van der Waals surface area contributed by atoms with Gasteiger partial charge in [-0.3, -0.25) is 4.79 Å². The van der Waals surface area contributed by atoms with Crippen molar-refractivity contribution in [2.24, 2.45) is 0 Å². The summed E-state index contributed by atoms with van der Waals surface area (Å²) in [6.07, 6.45) is 0. The maximum atomic E-state index is 11.9. The lowest BCUT2D eigenvalue weighted by molar-refractivity contribution is -0.118. The zero-order chi connectivity index (χ0) is 15.1. The second-order valence-corrected chi connectivity index (χ2v) is 5.48. The number of ether oxygens (including phenoxy) is 1. The largest absolute Gasteiger partial charge is 0.496 e. The highest BCUT2D eigenvalue weighted by Gasteiger charge is 2.07. The summed E-state index contributed by atoms with van der Waals surface area (Å²) in [6.45, 7) is 0.541. The number of methoxy groups -OCH3 is 1. The van der Waals surface area contributed by atoms with E-state index in [0.717, 1.165) is 10.5 Å². The number of amides is 1. The minimum Gasteiger partial charge on any atom is -0.496 e. The molecule has 0 radical (unpaired) electrons. The third kappa shape index (κ3) is 4.72. The van der Waals surface area contributed by atoms with E-state index in [9.17, 15) is 4.79 Å². The Balaban J connectivity index is 1.84. The van der Waals surface area contributed by atoms with Gasteiger partial charge in [0.05, 0.1) is 12.9 Å². The fraction of sp³-hybridized carbons (Fsp3) is 0.188. The number of thioether (sulfide) groups is 1. The number of rotatable bonds is 6. The molecule has 21 heavy (non-hydrogen) atoms. The normalized spacial score (nSPS) is 10.1. The number of nitrogens with one attached hydrogen (secondary N) is 1. The van der Waals surface area contributed by atoms with Gasteiger partial charge < -0.3 is 15.8 Å². The van der Waals surface area contributed by atoms with Gasteiger partial charge in [-0.25, -0.2) is 0 Å². The summed E-state index contributed by atoms with van der Waals surface area (Å²) in [6, 6.07) is 15.2. The molecule has 0 bridgehead atoms. The van der Waals surface area contributed by atoms with Gasteiger partial charge in [-0.1, -0.05) is 30.3 Å². The number of hydrogen-bond acceptors (Lipinski definition) is 4. The highest BCUT2D eigenvalue weighted by molar-refractivity contribution is 8.00. The molecule has 0 atom stereocenters. The zero-order valence-electron chi connectivity index (χ0n) is 11.8. The molecule has 2 aromatic carbocycles. The maximum absolute atomic E-state index is 11.9. The van der Waals surface area contributed by atoms with Crippen LogP contribution >= 0.6 is 11.8 Å². The van der Waals surface area contributed by atoms with Crippen LogP contribution in [0.4, 0.5) is 5.69 Å². The van der Waals surface area contributed by atoms with Gasteiger partial charge in [0.25, 0.3) is 0 Å². The molecule has 1 amide bonds. The van der Waals surface area contributed by atoms with E-state index in [-0.39, 0.29) is 5.91 Å². The van der Waals surface area contributed by atoms with Gasteiger partial charge in [0.15, 0.2) is 0 Å². The number of hydrogen-bond donors (Lipinski definition) is 2. The SMILES string of the molecule is COc1cc(N)ccc1SCC(=O)NCc1ccccc1. The predicted molar refractivity (Wildman–Crippen MR) is 86.4 cm³/mol. The van der Waals surface area contributed by atoms with Crippen molar-refractivity contribution in [2.75, 3.05) is 18.6 Å². The lowest BCUT2D eigenvalue weighted by Crippen LogP contribution is -2.24. The number of nitrogens with two attached hydrogens (primary N) is 1. The van der Waals surface area contributed by atoms with Crippen molar-refractivity contribution in [3.8, 4) is 5.75 Å². The van der Waals surface area contributed by atoms with Crippen molar-refractivity contribution >= 4 is 23.4 Å². The quantitative estimate of drug-likeness (QED) is 0.636. The second kappa shape index (κ2) is 7.59. The van der Waals surface area contributed by atoms with Crippen LogP contribution in [0, 0.1) is 0 Å². The third-order valence-electron chi connectivity index (χ3n) is 2.88. The zero-order valence-corrected chi connectivity index (χ0v) is 12.7. The Morgan fingerprint density at radius 1 is 1.24 bits per heavy atom. The first kappa shape index (κ1) is 15.3. The fourth-order valence-electron chi connectivity index (χ4n) is 1.79. The molecule has 0 spiro atoms. The number of carbonyl (C=O) groups is 1. The molecule has 0 saturated carbocycles. The van der Waals surface area contributed by atoms with E-state index in [1.807, 2.05) is 36.4 Å². The van der Waals surface area contributed by atoms with Crippen LogP contribution in [0.1, 0.15) is 5.56 Å². The monoisotopic (exact) mass is 302 g/mol. The smallest absolute Gasteiger partial charge is 0.230 e. The highest BCUT2D eigenvalue weighted by atomic mass is 32.2. The van der Waals surface area contributed by atoms with Gasteiger partial charge in [0.2, 0.25) is 5.91 Å². The molecule has 2 rings (SSSR count). The molecule has 5 heteroatoms. The van der Waals surface area contributed by atoms with Gasteiger partial charge in [-0.2, -0.15) is 0 Å². The van der Waals surface area contributed by atoms with Crippen molar-refractivity contribution in [1.29, 1.82) is 0 Å². The predicted octanol–water partition coefficient (Wildman–Crippen LogP) is 2.69. The van der Waals surface area contributed by atoms with E-state index >= 15 is 0 Å². The molecule has 0 aliphatic heterocycles. The van der Waals surface area contributed by atoms with Gasteiger partial charge in [-0.05, 0) is 17.7 Å². The number of carbonyl (C=O) groups excluding carboxylic acids is 1. The standard InChI is InChI=1S/C16H18N2O2S/c1-20-14-9-13(17)7-8-15(14)21-11-16(19)18-10-12-5-3-2-4-6-12/h2-9H,10-11,17H2,1H3,(H,18,19). The molecule has 0 heterocycles. The van der Waals surface area contributed by atoms with Crippen LogP contribution < -0.4 is 15.8 Å². The summed E-state index contributed by atoms with van der Waals surface area (Å²) in [5.41, 5.74) is 7.43. The first-order chi connectivity index (χ1) is 10.2. The first-order valence-corrected chi connectivity index (χ1v) is 7.54. The molecular formula is C16H18N2O2S. The van der Waals surface area contributed by atoms with Crippen molar-refractivity contribution in [3.05, 3.63) is 54.1 Å². The molecule has 0 saturated heterocycles. The Bertz CT molecular complexity index is 602. The Kier molecular flexibility index (Phi) is 5.51. The molecule has 3 N–H and O–H groups in total. The summed E-state index contributed by atoms with van der Waals surface area (Å²) < 4.78 is 5.26. The Labute approximate surface area is 128 Å². The van der Waals surface area contributed by atoms with Crippen molar-refractivity contribution in [1.82, 2.24) is 5.32 Å². The number of nitrogen functional groups attached to an aromatic ring is 1. The van der Waals surface area contributed by atoms with E-state index < -0.39 is 0 Å². The average molecular weight is 302 g/mol. The van der Waals surface area contributed by atoms with Crippen LogP contribution in [0.3, 0.4) is 0 Å². The summed E-state index contributed by atoms with van der Waals surface area (Å²) in [5.74, 6) is 1.02. The van der Waals surface area contributed by atoms with Crippen molar-refractivity contribution < 1.29 is 9.53 Å². The van der Waals surface area contributed by atoms with Crippen LogP contribution in [-0.4, -0.2) is 18.8 Å². The third-order valence-corrected chi connectivity index (χ3v) is 3.93. The van der Waals surface area contributed by atoms with E-state index in [1.54, 1.807) is 19.2 Å². The Morgan fingerprint density at radius 3 is 2.71 bits per heavy atom. The maximum Gasteiger partial charge on any atom is 0.230 e. The van der Waals surface area contributed by atoms with Crippen LogP contribution in [0.5, 0.6) is 5.75 Å². The fourth-order valence-corrected chi connectivity index (χ4v) is 2.63. The summed E-state index contributed by atoms with van der Waals surface area (Å²) in [7, 11) is 1.59.